The van der Waals surface area contributed by atoms with Crippen LogP contribution in [0, 0.1) is 0 Å². The number of nitrogens with zero attached hydrogens (tertiary/aromatic N) is 2. The molecule has 0 fully saturated rings. The number of hydrogen-bond acceptors (Lipinski definition) is 3. The van der Waals surface area contributed by atoms with Crippen molar-refractivity contribution < 1.29 is 0 Å². The number of nitrogens with two attached hydrogens (primary N) is 1. The summed E-state index contributed by atoms with van der Waals surface area (Å²) in [6.45, 7) is 0.616. The van der Waals surface area contributed by atoms with E-state index in [1.165, 1.54) is 0 Å². The summed E-state index contributed by atoms with van der Waals surface area (Å²) in [5, 5.41) is 0.278. The van der Waals surface area contributed by atoms with Crippen LogP contribution in [0.15, 0.2) is 12.4 Å². The molecule has 0 spiro atoms. The minimum Gasteiger partial charge on any atom is -0.330 e. The first-order chi connectivity index (χ1) is 4.83. The smallest absolute Gasteiger partial charge is 0.222 e. The summed E-state index contributed by atoms with van der Waals surface area (Å²) in [5.74, 6) is 0. The van der Waals surface area contributed by atoms with Crippen LogP contribution in [0.4, 0.5) is 0 Å². The van der Waals surface area contributed by atoms with E-state index in [0.29, 0.717) is 6.54 Å². The van der Waals surface area contributed by atoms with Crippen molar-refractivity contribution in [1.29, 1.82) is 0 Å². The molecule has 0 radical (unpaired) electrons. The third-order valence-electron chi connectivity index (χ3n) is 1.11. The first-order valence-electron chi connectivity index (χ1n) is 2.99. The Labute approximate surface area is 76.4 Å². The van der Waals surface area contributed by atoms with Gasteiger partial charge >= 0.3 is 0 Å². The molecule has 1 aromatic heterocycles. The summed E-state index contributed by atoms with van der Waals surface area (Å²) in [7, 11) is 0. The normalized spacial score (nSPS) is 8.91. The fourth-order valence-corrected chi connectivity index (χ4v) is 0.732. The molecular formula is C6H9Cl2N3. The maximum absolute atomic E-state index is 5.46. The van der Waals surface area contributed by atoms with Gasteiger partial charge in [0.1, 0.15) is 0 Å². The molecule has 5 heteroatoms. The minimum absolute atomic E-state index is 0. The number of aromatic nitrogens is 2. The molecule has 62 valence electrons. The Balaban J connectivity index is 0.000001000. The highest BCUT2D eigenvalue weighted by molar-refractivity contribution is 6.28. The van der Waals surface area contributed by atoms with E-state index < -0.39 is 0 Å². The molecule has 0 bridgehead atoms. The Hall–Kier alpha value is -0.380. The van der Waals surface area contributed by atoms with E-state index in [-0.39, 0.29) is 17.7 Å². The molecule has 0 amide bonds. The van der Waals surface area contributed by atoms with Crippen molar-refractivity contribution >= 4 is 24.0 Å². The lowest BCUT2D eigenvalue weighted by Gasteiger charge is -1.94. The number of rotatable bonds is 2. The van der Waals surface area contributed by atoms with Crippen molar-refractivity contribution in [2.45, 2.75) is 6.42 Å². The molecule has 2 N–H and O–H groups in total. The fourth-order valence-electron chi connectivity index (χ4n) is 0.635. The van der Waals surface area contributed by atoms with Gasteiger partial charge in [0.05, 0.1) is 0 Å². The summed E-state index contributed by atoms with van der Waals surface area (Å²) in [5.41, 5.74) is 6.33. The second-order valence-corrected chi connectivity index (χ2v) is 2.24. The van der Waals surface area contributed by atoms with Crippen molar-refractivity contribution in [2.24, 2.45) is 5.73 Å². The first-order valence-corrected chi connectivity index (χ1v) is 3.37. The van der Waals surface area contributed by atoms with Crippen molar-refractivity contribution in [3.63, 3.8) is 0 Å². The van der Waals surface area contributed by atoms with Crippen LogP contribution in [0.1, 0.15) is 5.56 Å². The summed E-state index contributed by atoms with van der Waals surface area (Å²) < 4.78 is 0. The van der Waals surface area contributed by atoms with Gasteiger partial charge in [-0.05, 0) is 30.1 Å². The Kier molecular flexibility index (Phi) is 5.11. The summed E-state index contributed by atoms with van der Waals surface area (Å²) >= 11 is 5.46. The van der Waals surface area contributed by atoms with E-state index >= 15 is 0 Å². The number of halogens is 2. The van der Waals surface area contributed by atoms with Crippen LogP contribution in [0.5, 0.6) is 0 Å². The monoisotopic (exact) mass is 193 g/mol. The lowest BCUT2D eigenvalue weighted by Crippen LogP contribution is -2.03. The van der Waals surface area contributed by atoms with Crippen LogP contribution in [0.25, 0.3) is 0 Å². The molecule has 11 heavy (non-hydrogen) atoms. The highest BCUT2D eigenvalue weighted by atomic mass is 35.5. The molecule has 0 atom stereocenters. The van der Waals surface area contributed by atoms with Crippen molar-refractivity contribution in [3.05, 3.63) is 23.2 Å². The Morgan fingerprint density at radius 3 is 2.36 bits per heavy atom. The predicted octanol–water partition coefficient (Wildman–Crippen LogP) is 1.05. The molecule has 1 heterocycles. The van der Waals surface area contributed by atoms with Gasteiger partial charge in [-0.25, -0.2) is 9.97 Å². The highest BCUT2D eigenvalue weighted by Crippen LogP contribution is 1.99. The summed E-state index contributed by atoms with van der Waals surface area (Å²) in [6, 6.07) is 0. The Morgan fingerprint density at radius 1 is 1.36 bits per heavy atom. The predicted molar refractivity (Wildman–Crippen MR) is 47.0 cm³/mol. The molecule has 0 aliphatic rings. The van der Waals surface area contributed by atoms with Crippen LogP contribution in [0.2, 0.25) is 5.28 Å². The second kappa shape index (κ2) is 5.29. The van der Waals surface area contributed by atoms with Crippen molar-refractivity contribution in [3.8, 4) is 0 Å². The van der Waals surface area contributed by atoms with Gasteiger partial charge in [-0.2, -0.15) is 0 Å². The molecule has 0 aliphatic heterocycles. The zero-order chi connectivity index (χ0) is 7.40. The maximum Gasteiger partial charge on any atom is 0.222 e. The summed E-state index contributed by atoms with van der Waals surface area (Å²) in [6.07, 6.45) is 4.17. The molecule has 0 unspecified atom stereocenters. The van der Waals surface area contributed by atoms with Crippen LogP contribution in [0.3, 0.4) is 0 Å². The van der Waals surface area contributed by atoms with Gasteiger partial charge in [-0.3, -0.25) is 0 Å². The SMILES string of the molecule is Cl.NCCc1cnc(Cl)nc1. The largest absolute Gasteiger partial charge is 0.330 e. The molecule has 0 saturated carbocycles. The molecule has 3 nitrogen and oxygen atoms in total. The van der Waals surface area contributed by atoms with Gasteiger partial charge < -0.3 is 5.73 Å². The Bertz CT molecular complexity index is 199. The van der Waals surface area contributed by atoms with E-state index in [4.69, 9.17) is 17.3 Å². The van der Waals surface area contributed by atoms with E-state index in [2.05, 4.69) is 9.97 Å². The summed E-state index contributed by atoms with van der Waals surface area (Å²) in [4.78, 5) is 7.59. The van der Waals surface area contributed by atoms with Gasteiger partial charge in [0, 0.05) is 12.4 Å². The lowest BCUT2D eigenvalue weighted by molar-refractivity contribution is 0.941. The quantitative estimate of drug-likeness (QED) is 0.716. The van der Waals surface area contributed by atoms with E-state index in [1.807, 2.05) is 0 Å². The van der Waals surface area contributed by atoms with Crippen LogP contribution in [-0.2, 0) is 6.42 Å². The zero-order valence-corrected chi connectivity index (χ0v) is 7.40. The standard InChI is InChI=1S/C6H8ClN3.ClH/c7-6-9-3-5(1-2-8)4-10-6;/h3-4H,1-2,8H2;1H. The maximum atomic E-state index is 5.46. The lowest BCUT2D eigenvalue weighted by atomic mass is 10.2. The van der Waals surface area contributed by atoms with E-state index in [1.54, 1.807) is 12.4 Å². The highest BCUT2D eigenvalue weighted by Gasteiger charge is 1.91. The first kappa shape index (κ1) is 10.6. The third kappa shape index (κ3) is 3.51. The van der Waals surface area contributed by atoms with Crippen LogP contribution >= 0.6 is 24.0 Å². The van der Waals surface area contributed by atoms with Crippen molar-refractivity contribution in [2.75, 3.05) is 6.54 Å². The molecule has 1 rings (SSSR count). The van der Waals surface area contributed by atoms with E-state index in [0.717, 1.165) is 12.0 Å². The van der Waals surface area contributed by atoms with Gasteiger partial charge in [-0.15, -0.1) is 12.4 Å². The van der Waals surface area contributed by atoms with Gasteiger partial charge in [0.25, 0.3) is 0 Å². The van der Waals surface area contributed by atoms with E-state index in [9.17, 15) is 0 Å². The third-order valence-corrected chi connectivity index (χ3v) is 1.30. The van der Waals surface area contributed by atoms with Gasteiger partial charge in [0.15, 0.2) is 0 Å². The second-order valence-electron chi connectivity index (χ2n) is 1.90. The van der Waals surface area contributed by atoms with Crippen molar-refractivity contribution in [1.82, 2.24) is 9.97 Å². The average molecular weight is 194 g/mol. The zero-order valence-electron chi connectivity index (χ0n) is 5.83. The van der Waals surface area contributed by atoms with Crippen LogP contribution in [-0.4, -0.2) is 16.5 Å². The van der Waals surface area contributed by atoms with Gasteiger partial charge in [-0.1, -0.05) is 0 Å². The number of hydrogen-bond donors (Lipinski definition) is 1. The minimum atomic E-state index is 0. The molecule has 0 aromatic carbocycles. The van der Waals surface area contributed by atoms with Gasteiger partial charge in [0.2, 0.25) is 5.28 Å². The molecular weight excluding hydrogens is 185 g/mol. The fraction of sp³-hybridized carbons (Fsp3) is 0.333. The molecule has 0 saturated heterocycles. The Morgan fingerprint density at radius 2 is 1.91 bits per heavy atom. The van der Waals surface area contributed by atoms with Crippen LogP contribution < -0.4 is 5.73 Å². The topological polar surface area (TPSA) is 51.8 Å². The molecule has 0 aliphatic carbocycles. The molecule has 1 aromatic rings. The average Bonchev–Trinajstić information content (AvgIpc) is 1.95.